The number of aryl methyl sites for hydroxylation is 1. The largest absolute Gasteiger partial charge is 0.374 e. The van der Waals surface area contributed by atoms with E-state index in [9.17, 15) is 4.79 Å². The summed E-state index contributed by atoms with van der Waals surface area (Å²) in [6.45, 7) is 3.79. The number of hydrogen-bond acceptors (Lipinski definition) is 2. The molecule has 1 atom stereocenters. The maximum Gasteiger partial charge on any atom is 0.246 e. The zero-order valence-electron chi connectivity index (χ0n) is 11.8. The van der Waals surface area contributed by atoms with Crippen molar-refractivity contribution < 1.29 is 4.79 Å². The Kier molecular flexibility index (Phi) is 5.10. The molecule has 5 heteroatoms. The van der Waals surface area contributed by atoms with Crippen LogP contribution < -0.4 is 10.6 Å². The minimum atomic E-state index is -0.401. The molecule has 2 aromatic rings. The Morgan fingerprint density at radius 3 is 2.62 bits per heavy atom. The molecule has 3 nitrogen and oxygen atoms in total. The molecule has 110 valence electrons. The maximum atomic E-state index is 12.2. The minimum Gasteiger partial charge on any atom is -0.374 e. The molecule has 0 radical (unpaired) electrons. The number of anilines is 2. The average molecular weight is 323 g/mol. The van der Waals surface area contributed by atoms with E-state index >= 15 is 0 Å². The van der Waals surface area contributed by atoms with Gasteiger partial charge in [-0.15, -0.1) is 0 Å². The molecule has 0 saturated carbocycles. The van der Waals surface area contributed by atoms with Crippen LogP contribution in [0.5, 0.6) is 0 Å². The second-order valence-corrected chi connectivity index (χ2v) is 5.69. The fraction of sp³-hybridized carbons (Fsp3) is 0.188. The normalized spacial score (nSPS) is 11.8. The fourth-order valence-corrected chi connectivity index (χ4v) is 2.22. The first-order valence-corrected chi connectivity index (χ1v) is 7.30. The van der Waals surface area contributed by atoms with Crippen LogP contribution in [0.2, 0.25) is 10.0 Å². The number of nitrogens with one attached hydrogen (secondary N) is 2. The van der Waals surface area contributed by atoms with Gasteiger partial charge in [0.1, 0.15) is 6.04 Å². The quantitative estimate of drug-likeness (QED) is 0.853. The van der Waals surface area contributed by atoms with Gasteiger partial charge in [-0.1, -0.05) is 35.3 Å². The number of benzene rings is 2. The van der Waals surface area contributed by atoms with Gasteiger partial charge in [-0.25, -0.2) is 0 Å². The molecule has 0 bridgehead atoms. The SMILES string of the molecule is Cc1cccc(N[C@H](C)C(=O)Nc2cc(Cl)ccc2Cl)c1. The van der Waals surface area contributed by atoms with Gasteiger partial charge in [0.2, 0.25) is 5.91 Å². The molecule has 0 aromatic heterocycles. The summed E-state index contributed by atoms with van der Waals surface area (Å²) in [4.78, 5) is 12.2. The summed E-state index contributed by atoms with van der Waals surface area (Å²) < 4.78 is 0. The summed E-state index contributed by atoms with van der Waals surface area (Å²) >= 11 is 11.9. The highest BCUT2D eigenvalue weighted by Gasteiger charge is 2.14. The van der Waals surface area contributed by atoms with Crippen molar-refractivity contribution in [3.8, 4) is 0 Å². The first-order chi connectivity index (χ1) is 9.95. The Bertz CT molecular complexity index is 658. The second-order valence-electron chi connectivity index (χ2n) is 4.85. The first-order valence-electron chi connectivity index (χ1n) is 6.55. The van der Waals surface area contributed by atoms with Crippen molar-refractivity contribution in [3.05, 3.63) is 58.1 Å². The third-order valence-corrected chi connectivity index (χ3v) is 3.55. The van der Waals surface area contributed by atoms with E-state index in [1.165, 1.54) is 0 Å². The Balaban J connectivity index is 2.04. The van der Waals surface area contributed by atoms with Crippen LogP contribution in [0.15, 0.2) is 42.5 Å². The standard InChI is InChI=1S/C16H16Cl2N2O/c1-10-4-3-5-13(8-10)19-11(2)16(21)20-15-9-12(17)6-7-14(15)18/h3-9,11,19H,1-2H3,(H,20,21)/t11-/m1/s1. The summed E-state index contributed by atoms with van der Waals surface area (Å²) in [6.07, 6.45) is 0. The van der Waals surface area contributed by atoms with Gasteiger partial charge in [-0.3, -0.25) is 4.79 Å². The Labute approximate surface area is 134 Å². The number of rotatable bonds is 4. The summed E-state index contributed by atoms with van der Waals surface area (Å²) in [7, 11) is 0. The van der Waals surface area contributed by atoms with Gasteiger partial charge in [-0.2, -0.15) is 0 Å². The van der Waals surface area contributed by atoms with Crippen LogP contribution in [-0.2, 0) is 4.79 Å². The van der Waals surface area contributed by atoms with Gasteiger partial charge in [0, 0.05) is 10.7 Å². The van der Waals surface area contributed by atoms with Gasteiger partial charge in [0.15, 0.2) is 0 Å². The molecule has 0 fully saturated rings. The monoisotopic (exact) mass is 322 g/mol. The van der Waals surface area contributed by atoms with E-state index in [2.05, 4.69) is 10.6 Å². The van der Waals surface area contributed by atoms with E-state index in [0.29, 0.717) is 15.7 Å². The van der Waals surface area contributed by atoms with Crippen molar-refractivity contribution in [3.63, 3.8) is 0 Å². The number of halogens is 2. The van der Waals surface area contributed by atoms with E-state index in [0.717, 1.165) is 11.3 Å². The number of hydrogen-bond donors (Lipinski definition) is 2. The highest BCUT2D eigenvalue weighted by atomic mass is 35.5. The van der Waals surface area contributed by atoms with E-state index < -0.39 is 6.04 Å². The highest BCUT2D eigenvalue weighted by molar-refractivity contribution is 6.35. The lowest BCUT2D eigenvalue weighted by Crippen LogP contribution is -2.31. The summed E-state index contributed by atoms with van der Waals surface area (Å²) in [5, 5.41) is 6.89. The number of carbonyl (C=O) groups excluding carboxylic acids is 1. The molecule has 0 aliphatic carbocycles. The number of amides is 1. The third kappa shape index (κ3) is 4.38. The van der Waals surface area contributed by atoms with Gasteiger partial charge in [0.25, 0.3) is 0 Å². The van der Waals surface area contributed by atoms with Crippen molar-refractivity contribution >= 4 is 40.5 Å². The molecular formula is C16H16Cl2N2O. The molecule has 0 saturated heterocycles. The van der Waals surface area contributed by atoms with Crippen molar-refractivity contribution in [2.24, 2.45) is 0 Å². The van der Waals surface area contributed by atoms with Crippen molar-refractivity contribution in [2.45, 2.75) is 19.9 Å². The van der Waals surface area contributed by atoms with Crippen molar-refractivity contribution in [1.29, 1.82) is 0 Å². The molecule has 1 amide bonds. The van der Waals surface area contributed by atoms with Crippen LogP contribution in [0.4, 0.5) is 11.4 Å². The van der Waals surface area contributed by atoms with Gasteiger partial charge in [0.05, 0.1) is 10.7 Å². The predicted molar refractivity (Wildman–Crippen MR) is 89.4 cm³/mol. The lowest BCUT2D eigenvalue weighted by atomic mass is 10.2. The molecule has 21 heavy (non-hydrogen) atoms. The van der Waals surface area contributed by atoms with E-state index in [1.807, 2.05) is 31.2 Å². The summed E-state index contributed by atoms with van der Waals surface area (Å²) in [6, 6.07) is 12.4. The zero-order chi connectivity index (χ0) is 15.4. The molecule has 2 N–H and O–H groups in total. The van der Waals surface area contributed by atoms with Crippen LogP contribution in [0.3, 0.4) is 0 Å². The van der Waals surface area contributed by atoms with Crippen LogP contribution in [0.25, 0.3) is 0 Å². The van der Waals surface area contributed by atoms with E-state index in [1.54, 1.807) is 25.1 Å². The van der Waals surface area contributed by atoms with Gasteiger partial charge < -0.3 is 10.6 Å². The summed E-state index contributed by atoms with van der Waals surface area (Å²) in [5.74, 6) is -0.180. The lowest BCUT2D eigenvalue weighted by Gasteiger charge is -2.16. The Morgan fingerprint density at radius 2 is 1.90 bits per heavy atom. The van der Waals surface area contributed by atoms with E-state index in [4.69, 9.17) is 23.2 Å². The molecule has 0 aliphatic heterocycles. The smallest absolute Gasteiger partial charge is 0.246 e. The molecule has 0 heterocycles. The molecule has 0 unspecified atom stereocenters. The van der Waals surface area contributed by atoms with Crippen LogP contribution >= 0.6 is 23.2 Å². The average Bonchev–Trinajstić information content (AvgIpc) is 2.43. The lowest BCUT2D eigenvalue weighted by molar-refractivity contribution is -0.116. The van der Waals surface area contributed by atoms with Crippen LogP contribution in [0.1, 0.15) is 12.5 Å². The first kappa shape index (κ1) is 15.7. The minimum absolute atomic E-state index is 0.180. The molecule has 0 aliphatic rings. The van der Waals surface area contributed by atoms with Crippen molar-refractivity contribution in [2.75, 3.05) is 10.6 Å². The zero-order valence-corrected chi connectivity index (χ0v) is 13.3. The highest BCUT2D eigenvalue weighted by Crippen LogP contribution is 2.25. The summed E-state index contributed by atoms with van der Waals surface area (Å²) in [5.41, 5.74) is 2.53. The molecular weight excluding hydrogens is 307 g/mol. The predicted octanol–water partition coefficient (Wildman–Crippen LogP) is 4.74. The number of carbonyl (C=O) groups is 1. The van der Waals surface area contributed by atoms with Crippen LogP contribution in [0, 0.1) is 6.92 Å². The van der Waals surface area contributed by atoms with Crippen LogP contribution in [-0.4, -0.2) is 11.9 Å². The third-order valence-electron chi connectivity index (χ3n) is 2.98. The molecule has 0 spiro atoms. The topological polar surface area (TPSA) is 41.1 Å². The van der Waals surface area contributed by atoms with E-state index in [-0.39, 0.29) is 5.91 Å². The maximum absolute atomic E-state index is 12.2. The van der Waals surface area contributed by atoms with Gasteiger partial charge in [-0.05, 0) is 49.7 Å². The second kappa shape index (κ2) is 6.83. The molecule has 2 rings (SSSR count). The van der Waals surface area contributed by atoms with Gasteiger partial charge >= 0.3 is 0 Å². The Morgan fingerprint density at radius 1 is 1.14 bits per heavy atom. The fourth-order valence-electron chi connectivity index (χ4n) is 1.88. The Hall–Kier alpha value is -1.71. The molecule has 2 aromatic carbocycles. The van der Waals surface area contributed by atoms with Crippen molar-refractivity contribution in [1.82, 2.24) is 0 Å².